The number of ketones is 2. The SMILES string of the molecule is CCC1(C)C(=O)c2cc3[n-]c(cc4nc(c5c6[n-]c(cc1n2)c(C)c6C(=O)C5)[C@@H](CCC(=O)OC)[C@@H]4C)c(C)c3C=O.[Zn+2]. The molecule has 6 rings (SSSR count). The van der Waals surface area contributed by atoms with Gasteiger partial charge in [0.05, 0.1) is 18.2 Å². The van der Waals surface area contributed by atoms with Crippen LogP contribution in [0.2, 0.25) is 0 Å². The van der Waals surface area contributed by atoms with E-state index in [1.54, 1.807) is 6.07 Å². The Bertz CT molecular complexity index is 1890. The van der Waals surface area contributed by atoms with E-state index >= 15 is 0 Å². The van der Waals surface area contributed by atoms with Crippen LogP contribution >= 0.6 is 0 Å². The van der Waals surface area contributed by atoms with Gasteiger partial charge in [-0.05, 0) is 45.2 Å². The number of carbonyl (C=O) groups excluding carboxylic acids is 4. The van der Waals surface area contributed by atoms with Crippen molar-refractivity contribution in [3.05, 3.63) is 68.8 Å². The average Bonchev–Trinajstić information content (AvgIpc) is 3.71. The van der Waals surface area contributed by atoms with E-state index in [9.17, 15) is 19.2 Å². The van der Waals surface area contributed by atoms with Crippen molar-refractivity contribution >= 4 is 45.9 Å². The fourth-order valence-corrected chi connectivity index (χ4v) is 6.53. The molecule has 1 aliphatic carbocycles. The number of nitrogens with zero attached hydrogens (tertiary/aromatic N) is 4. The summed E-state index contributed by atoms with van der Waals surface area (Å²) in [7, 11) is 1.37. The Morgan fingerprint density at radius 3 is 2.49 bits per heavy atom. The van der Waals surface area contributed by atoms with Crippen LogP contribution in [0.3, 0.4) is 0 Å². The molecule has 1 unspecified atom stereocenters. The molecule has 216 valence electrons. The van der Waals surface area contributed by atoms with Gasteiger partial charge in [0.15, 0.2) is 11.6 Å². The van der Waals surface area contributed by atoms with Crippen LogP contribution in [0.25, 0.3) is 22.1 Å². The van der Waals surface area contributed by atoms with Gasteiger partial charge in [0.1, 0.15) is 12.0 Å². The van der Waals surface area contributed by atoms with Crippen LogP contribution in [0.5, 0.6) is 0 Å². The van der Waals surface area contributed by atoms with Crippen LogP contribution in [0.4, 0.5) is 0 Å². The van der Waals surface area contributed by atoms with Crippen molar-refractivity contribution in [2.24, 2.45) is 0 Å². The first-order valence-electron chi connectivity index (χ1n) is 14.3. The number of rotatable bonds is 5. The third-order valence-corrected chi connectivity index (χ3v) is 9.50. The van der Waals surface area contributed by atoms with Crippen molar-refractivity contribution in [3.8, 4) is 0 Å². The Kier molecular flexibility index (Phi) is 7.88. The van der Waals surface area contributed by atoms with E-state index in [-0.39, 0.29) is 67.4 Å². The Morgan fingerprint density at radius 2 is 1.81 bits per heavy atom. The van der Waals surface area contributed by atoms with Gasteiger partial charge in [-0.2, -0.15) is 0 Å². The van der Waals surface area contributed by atoms with Crippen molar-refractivity contribution in [1.82, 2.24) is 19.9 Å². The predicted octanol–water partition coefficient (Wildman–Crippen LogP) is 5.13. The number of esters is 1. The standard InChI is InChI=1S/C33H33N4O5.Zn/c1-7-33(5)27-13-23-17(4)29-26(39)10-19(31(29)37-23)30-18(8-9-28(40)42-6)15(2)22(36-30)11-21-16(3)20(14-38)24(34-21)12-25(35-27)32(33)41;/h11-15,18H,7-10H2,1-6H3,(H-,34,35,36,37,38,39,41);/q-1;+2/p-1/t15-,18-,33?;/m0./s1. The zero-order chi connectivity index (χ0) is 30.1. The van der Waals surface area contributed by atoms with Crippen LogP contribution < -0.4 is 9.97 Å². The molecule has 5 heterocycles. The van der Waals surface area contributed by atoms with Crippen LogP contribution in [0, 0.1) is 13.8 Å². The summed E-state index contributed by atoms with van der Waals surface area (Å²) in [6.07, 6.45) is 2.15. The maximum Gasteiger partial charge on any atom is 2.00 e. The van der Waals surface area contributed by atoms with Gasteiger partial charge in [-0.1, -0.05) is 37.1 Å². The number of aldehydes is 1. The molecule has 10 heteroatoms. The van der Waals surface area contributed by atoms with Gasteiger partial charge < -0.3 is 14.7 Å². The number of carbonyl (C=O) groups is 4. The van der Waals surface area contributed by atoms with E-state index in [0.29, 0.717) is 57.3 Å². The molecule has 3 aromatic rings. The van der Waals surface area contributed by atoms with Crippen molar-refractivity contribution in [2.45, 2.75) is 77.6 Å². The first kappa shape index (κ1) is 30.7. The third-order valence-electron chi connectivity index (χ3n) is 9.50. The summed E-state index contributed by atoms with van der Waals surface area (Å²) in [4.78, 5) is 70.9. The number of ether oxygens (including phenoxy) is 1. The molecule has 0 N–H and O–H groups in total. The summed E-state index contributed by atoms with van der Waals surface area (Å²) in [5.74, 6) is -0.726. The van der Waals surface area contributed by atoms with Crippen LogP contribution in [-0.4, -0.2) is 40.9 Å². The van der Waals surface area contributed by atoms with Crippen molar-refractivity contribution in [3.63, 3.8) is 0 Å². The summed E-state index contributed by atoms with van der Waals surface area (Å²) in [6.45, 7) is 9.53. The Morgan fingerprint density at radius 1 is 1.09 bits per heavy atom. The van der Waals surface area contributed by atoms with Gasteiger partial charge in [-0.3, -0.25) is 24.2 Å². The molecule has 0 amide bonds. The molecule has 43 heavy (non-hydrogen) atoms. The number of fused-ring (bicyclic) bond motifs is 8. The Labute approximate surface area is 262 Å². The smallest absolute Gasteiger partial charge is 0.657 e. The van der Waals surface area contributed by atoms with Crippen LogP contribution in [-0.2, 0) is 40.8 Å². The molecule has 8 bridgehead atoms. The van der Waals surface area contributed by atoms with E-state index in [1.807, 2.05) is 46.8 Å². The minimum absolute atomic E-state index is 0. The summed E-state index contributed by atoms with van der Waals surface area (Å²) < 4.78 is 4.91. The number of hydrogen-bond donors (Lipinski definition) is 0. The molecule has 3 atom stereocenters. The van der Waals surface area contributed by atoms with Gasteiger partial charge in [0.25, 0.3) is 0 Å². The summed E-state index contributed by atoms with van der Waals surface area (Å²) in [6, 6.07) is 5.26. The van der Waals surface area contributed by atoms with Crippen molar-refractivity contribution in [2.75, 3.05) is 7.11 Å². The summed E-state index contributed by atoms with van der Waals surface area (Å²) in [5.41, 5.74) is 6.71. The third kappa shape index (κ3) is 4.62. The van der Waals surface area contributed by atoms with Gasteiger partial charge >= 0.3 is 25.4 Å². The summed E-state index contributed by atoms with van der Waals surface area (Å²) in [5, 5.41) is 0. The normalized spacial score (nSPS) is 20.7. The second-order valence-corrected chi connectivity index (χ2v) is 11.7. The monoisotopic (exact) mass is 628 g/mol. The van der Waals surface area contributed by atoms with Crippen LogP contribution in [0.1, 0.15) is 117 Å². The number of methoxy groups -OCH3 is 1. The predicted molar refractivity (Wildman–Crippen MR) is 156 cm³/mol. The van der Waals surface area contributed by atoms with E-state index in [4.69, 9.17) is 24.7 Å². The number of aryl methyl sites for hydroxylation is 2. The van der Waals surface area contributed by atoms with Crippen molar-refractivity contribution in [1.29, 1.82) is 0 Å². The van der Waals surface area contributed by atoms with E-state index in [1.165, 1.54) is 7.11 Å². The molecule has 0 spiro atoms. The second kappa shape index (κ2) is 11.1. The molecule has 9 nitrogen and oxygen atoms in total. The van der Waals surface area contributed by atoms with E-state index < -0.39 is 5.41 Å². The molecule has 0 aromatic carbocycles. The fourth-order valence-electron chi connectivity index (χ4n) is 6.53. The Balaban J connectivity index is 0.00000368. The van der Waals surface area contributed by atoms with Crippen molar-refractivity contribution < 1.29 is 43.4 Å². The first-order valence-corrected chi connectivity index (χ1v) is 14.3. The molecule has 0 radical (unpaired) electrons. The largest absolute Gasteiger partial charge is 2.00 e. The first-order chi connectivity index (χ1) is 20.0. The number of aromatic nitrogens is 4. The molecule has 0 saturated heterocycles. The zero-order valence-electron chi connectivity index (χ0n) is 25.3. The minimum Gasteiger partial charge on any atom is -0.657 e. The van der Waals surface area contributed by atoms with Gasteiger partial charge in [0, 0.05) is 47.2 Å². The molecular formula is C33H32N4O5Zn. The molecule has 3 aliphatic rings. The molecule has 0 saturated carbocycles. The summed E-state index contributed by atoms with van der Waals surface area (Å²) >= 11 is 0. The van der Waals surface area contributed by atoms with Gasteiger partial charge in [-0.25, -0.2) is 4.98 Å². The quantitative estimate of drug-likeness (QED) is 0.214. The zero-order valence-corrected chi connectivity index (χ0v) is 28.3. The topological polar surface area (TPSA) is 131 Å². The molecule has 3 aromatic heterocycles. The van der Waals surface area contributed by atoms with E-state index in [0.717, 1.165) is 28.8 Å². The second-order valence-electron chi connectivity index (χ2n) is 11.7. The fraction of sp³-hybridized carbons (Fsp3) is 0.394. The van der Waals surface area contributed by atoms with Gasteiger partial charge in [0.2, 0.25) is 0 Å². The molecule has 2 aliphatic heterocycles. The number of Topliss-reactive ketones (excluding diaryl/α,β-unsaturated/α-hetero) is 2. The van der Waals surface area contributed by atoms with Crippen LogP contribution in [0.15, 0.2) is 18.2 Å². The average molecular weight is 630 g/mol. The maximum absolute atomic E-state index is 13.7. The molecular weight excluding hydrogens is 598 g/mol. The van der Waals surface area contributed by atoms with E-state index in [2.05, 4.69) is 0 Å². The number of hydrogen-bond acceptors (Lipinski definition) is 7. The van der Waals surface area contributed by atoms with Gasteiger partial charge in [-0.15, -0.1) is 22.1 Å². The Hall–Kier alpha value is -3.78. The molecule has 0 fully saturated rings. The minimum atomic E-state index is -0.891. The maximum atomic E-state index is 13.7.